The van der Waals surface area contributed by atoms with Crippen molar-refractivity contribution >= 4 is 5.78 Å². The summed E-state index contributed by atoms with van der Waals surface area (Å²) in [6, 6.07) is 1.92. The molecule has 0 heterocycles. The van der Waals surface area contributed by atoms with E-state index >= 15 is 0 Å². The first-order chi connectivity index (χ1) is 7.78. The monoisotopic (exact) mass is 215 g/mol. The first-order valence-electron chi connectivity index (χ1n) is 6.38. The SMILES string of the molecule is N#C/C=C/C(=O)C1C2CC3CC(C2)CC1C3. The van der Waals surface area contributed by atoms with E-state index in [4.69, 9.17) is 5.26 Å². The summed E-state index contributed by atoms with van der Waals surface area (Å²) in [4.78, 5) is 12.1. The third-order valence-corrected chi connectivity index (χ3v) is 4.88. The maximum atomic E-state index is 12.1. The maximum Gasteiger partial charge on any atom is 0.160 e. The molecule has 2 heteroatoms. The number of ketones is 1. The Morgan fingerprint density at radius 1 is 1.06 bits per heavy atom. The van der Waals surface area contributed by atoms with Gasteiger partial charge in [0.15, 0.2) is 5.78 Å². The van der Waals surface area contributed by atoms with Crippen LogP contribution in [-0.2, 0) is 4.79 Å². The quantitative estimate of drug-likeness (QED) is 0.525. The van der Waals surface area contributed by atoms with Crippen molar-refractivity contribution < 1.29 is 4.79 Å². The highest BCUT2D eigenvalue weighted by atomic mass is 16.1. The molecular weight excluding hydrogens is 198 g/mol. The average Bonchev–Trinajstić information content (AvgIpc) is 2.24. The molecule has 0 aromatic carbocycles. The van der Waals surface area contributed by atoms with Crippen LogP contribution >= 0.6 is 0 Å². The molecule has 4 aliphatic rings. The van der Waals surface area contributed by atoms with Gasteiger partial charge in [-0.25, -0.2) is 0 Å². The molecule has 16 heavy (non-hydrogen) atoms. The van der Waals surface area contributed by atoms with Crippen molar-refractivity contribution in [2.75, 3.05) is 0 Å². The molecule has 0 saturated heterocycles. The van der Waals surface area contributed by atoms with Gasteiger partial charge in [-0.15, -0.1) is 0 Å². The summed E-state index contributed by atoms with van der Waals surface area (Å²) in [6.45, 7) is 0. The lowest BCUT2D eigenvalue weighted by Crippen LogP contribution is -2.47. The van der Waals surface area contributed by atoms with Gasteiger partial charge in [0.2, 0.25) is 0 Å². The smallest absolute Gasteiger partial charge is 0.160 e. The van der Waals surface area contributed by atoms with Crippen molar-refractivity contribution in [3.05, 3.63) is 12.2 Å². The molecule has 0 aliphatic heterocycles. The number of hydrogen-bond donors (Lipinski definition) is 0. The predicted octanol–water partition coefficient (Wildman–Crippen LogP) is 2.71. The summed E-state index contributed by atoms with van der Waals surface area (Å²) < 4.78 is 0. The van der Waals surface area contributed by atoms with Crippen molar-refractivity contribution in [3.8, 4) is 6.07 Å². The van der Waals surface area contributed by atoms with Gasteiger partial charge in [0.25, 0.3) is 0 Å². The Morgan fingerprint density at radius 3 is 2.12 bits per heavy atom. The topological polar surface area (TPSA) is 40.9 Å². The second kappa shape index (κ2) is 3.73. The van der Waals surface area contributed by atoms with E-state index in [1.165, 1.54) is 44.3 Å². The fourth-order valence-corrected chi connectivity index (χ4v) is 4.62. The predicted molar refractivity (Wildman–Crippen MR) is 60.3 cm³/mol. The third-order valence-electron chi connectivity index (χ3n) is 4.88. The zero-order chi connectivity index (χ0) is 11.1. The van der Waals surface area contributed by atoms with E-state index in [1.807, 2.05) is 6.07 Å². The van der Waals surface area contributed by atoms with Crippen LogP contribution in [0.3, 0.4) is 0 Å². The van der Waals surface area contributed by atoms with Crippen molar-refractivity contribution in [1.29, 1.82) is 5.26 Å². The van der Waals surface area contributed by atoms with Gasteiger partial charge in [-0.2, -0.15) is 5.26 Å². The van der Waals surface area contributed by atoms with Crippen molar-refractivity contribution in [2.45, 2.75) is 32.1 Å². The summed E-state index contributed by atoms with van der Waals surface area (Å²) in [5.41, 5.74) is 0. The molecule has 2 nitrogen and oxygen atoms in total. The molecule has 0 unspecified atom stereocenters. The lowest BCUT2D eigenvalue weighted by atomic mass is 9.51. The minimum absolute atomic E-state index is 0.218. The molecule has 4 fully saturated rings. The van der Waals surface area contributed by atoms with Crippen LogP contribution in [0.2, 0.25) is 0 Å². The normalized spacial score (nSPS) is 44.8. The summed E-state index contributed by atoms with van der Waals surface area (Å²) in [5, 5.41) is 8.48. The van der Waals surface area contributed by atoms with Crippen molar-refractivity contribution in [1.82, 2.24) is 0 Å². The first-order valence-corrected chi connectivity index (χ1v) is 6.38. The molecule has 0 N–H and O–H groups in total. The van der Waals surface area contributed by atoms with Crippen molar-refractivity contribution in [3.63, 3.8) is 0 Å². The van der Waals surface area contributed by atoms with Gasteiger partial charge in [0.05, 0.1) is 6.07 Å². The van der Waals surface area contributed by atoms with Gasteiger partial charge in [0.1, 0.15) is 0 Å². The second-order valence-electron chi connectivity index (χ2n) is 5.82. The largest absolute Gasteiger partial charge is 0.294 e. The van der Waals surface area contributed by atoms with Gasteiger partial charge < -0.3 is 0 Å². The maximum absolute atomic E-state index is 12.1. The molecule has 84 valence electrons. The van der Waals surface area contributed by atoms with E-state index in [-0.39, 0.29) is 11.7 Å². The van der Waals surface area contributed by atoms with Crippen LogP contribution in [0.1, 0.15) is 32.1 Å². The minimum Gasteiger partial charge on any atom is -0.294 e. The second-order valence-corrected chi connectivity index (χ2v) is 5.82. The van der Waals surface area contributed by atoms with Crippen LogP contribution in [-0.4, -0.2) is 5.78 Å². The Morgan fingerprint density at radius 2 is 1.62 bits per heavy atom. The van der Waals surface area contributed by atoms with E-state index in [9.17, 15) is 4.79 Å². The van der Waals surface area contributed by atoms with Crippen LogP contribution < -0.4 is 0 Å². The van der Waals surface area contributed by atoms with Crippen molar-refractivity contribution in [2.24, 2.45) is 29.6 Å². The number of allylic oxidation sites excluding steroid dienone is 2. The molecule has 0 aromatic rings. The highest BCUT2D eigenvalue weighted by Gasteiger charge is 2.49. The number of nitriles is 1. The molecular formula is C14H17NO. The fraction of sp³-hybridized carbons (Fsp3) is 0.714. The highest BCUT2D eigenvalue weighted by Crippen LogP contribution is 2.56. The molecule has 0 amide bonds. The van der Waals surface area contributed by atoms with Gasteiger partial charge in [-0.1, -0.05) is 0 Å². The Hall–Kier alpha value is -1.10. The summed E-state index contributed by atoms with van der Waals surface area (Å²) in [7, 11) is 0. The van der Waals surface area contributed by atoms with Crippen LogP contribution in [0.4, 0.5) is 0 Å². The third kappa shape index (κ3) is 1.50. The van der Waals surface area contributed by atoms with E-state index in [2.05, 4.69) is 0 Å². The van der Waals surface area contributed by atoms with Gasteiger partial charge in [-0.05, 0) is 61.9 Å². The number of nitrogens with zero attached hydrogens (tertiary/aromatic N) is 1. The van der Waals surface area contributed by atoms with Gasteiger partial charge in [0, 0.05) is 12.0 Å². The molecule has 4 saturated carbocycles. The molecule has 0 atom stereocenters. The number of carbonyl (C=O) groups excluding carboxylic acids is 1. The van der Waals surface area contributed by atoms with E-state index in [0.29, 0.717) is 11.8 Å². The van der Waals surface area contributed by atoms with Gasteiger partial charge >= 0.3 is 0 Å². The summed E-state index contributed by atoms with van der Waals surface area (Å²) in [6.07, 6.45) is 9.34. The number of hydrogen-bond acceptors (Lipinski definition) is 2. The number of carbonyl (C=O) groups is 1. The van der Waals surface area contributed by atoms with Gasteiger partial charge in [-0.3, -0.25) is 4.79 Å². The standard InChI is InChI=1S/C14H17NO/c15-3-1-2-13(16)14-11-5-9-4-10(7-11)8-12(14)6-9/h1-2,9-12,14H,4-8H2/b2-1+. The molecule has 4 rings (SSSR count). The van der Waals surface area contributed by atoms with Crippen LogP contribution in [0.25, 0.3) is 0 Å². The minimum atomic E-state index is 0.218. The average molecular weight is 215 g/mol. The van der Waals surface area contributed by atoms with Crippen LogP contribution in [0.5, 0.6) is 0 Å². The molecule has 4 aliphatic carbocycles. The van der Waals surface area contributed by atoms with E-state index < -0.39 is 0 Å². The Bertz CT molecular complexity index is 349. The molecule has 4 bridgehead atoms. The molecule has 0 spiro atoms. The lowest BCUT2D eigenvalue weighted by molar-refractivity contribution is -0.130. The highest BCUT2D eigenvalue weighted by molar-refractivity contribution is 5.92. The lowest BCUT2D eigenvalue weighted by Gasteiger charge is -2.53. The van der Waals surface area contributed by atoms with E-state index in [1.54, 1.807) is 0 Å². The molecule has 0 aromatic heterocycles. The zero-order valence-corrected chi connectivity index (χ0v) is 9.43. The Balaban J connectivity index is 1.79. The summed E-state index contributed by atoms with van der Waals surface area (Å²) >= 11 is 0. The Kier molecular flexibility index (Phi) is 2.35. The zero-order valence-electron chi connectivity index (χ0n) is 9.43. The van der Waals surface area contributed by atoms with Crippen LogP contribution in [0, 0.1) is 40.9 Å². The molecule has 0 radical (unpaired) electrons. The fourth-order valence-electron chi connectivity index (χ4n) is 4.62. The Labute approximate surface area is 96.3 Å². The first kappa shape index (κ1) is 10.1. The van der Waals surface area contributed by atoms with E-state index in [0.717, 1.165) is 11.8 Å². The van der Waals surface area contributed by atoms with Crippen LogP contribution in [0.15, 0.2) is 12.2 Å². The summed E-state index contributed by atoms with van der Waals surface area (Å²) in [5.74, 6) is 3.55. The number of rotatable bonds is 2.